The maximum absolute atomic E-state index is 5.70. The molecule has 1 aliphatic carbocycles. The lowest BCUT2D eigenvalue weighted by Crippen LogP contribution is -2.37. The Morgan fingerprint density at radius 2 is 1.49 bits per heavy atom. The van der Waals surface area contributed by atoms with Gasteiger partial charge in [0.25, 0.3) is 0 Å². The van der Waals surface area contributed by atoms with E-state index >= 15 is 0 Å². The molecule has 2 aliphatic heterocycles. The van der Waals surface area contributed by atoms with Gasteiger partial charge in [0.05, 0.1) is 16.7 Å². The van der Waals surface area contributed by atoms with Crippen molar-refractivity contribution in [1.29, 1.82) is 0 Å². The van der Waals surface area contributed by atoms with E-state index < -0.39 is 0 Å². The fourth-order valence-electron chi connectivity index (χ4n) is 8.74. The molecule has 3 aliphatic rings. The second-order valence-electron chi connectivity index (χ2n) is 14.7. The van der Waals surface area contributed by atoms with Crippen LogP contribution in [0.1, 0.15) is 43.4 Å². The number of rotatable bonds is 6. The Morgan fingerprint density at radius 1 is 0.745 bits per heavy atom. The van der Waals surface area contributed by atoms with Gasteiger partial charge in [0, 0.05) is 44.8 Å². The summed E-state index contributed by atoms with van der Waals surface area (Å²) in [7, 11) is 0. The average molecular weight is 731 g/mol. The summed E-state index contributed by atoms with van der Waals surface area (Å²) in [6.45, 7) is 4.11. The van der Waals surface area contributed by atoms with Crippen LogP contribution >= 0.6 is 11.8 Å². The summed E-state index contributed by atoms with van der Waals surface area (Å²) in [6.07, 6.45) is 12.2. The third-order valence-corrected chi connectivity index (χ3v) is 12.8. The highest BCUT2D eigenvalue weighted by Gasteiger charge is 2.42. The zero-order valence-electron chi connectivity index (χ0n) is 31.0. The summed E-state index contributed by atoms with van der Waals surface area (Å²) in [5, 5.41) is 14.3. The van der Waals surface area contributed by atoms with Crippen LogP contribution in [-0.2, 0) is 0 Å². The smallest absolute Gasteiger partial charge is 0.142 e. The lowest BCUT2D eigenvalue weighted by atomic mass is 9.82. The highest BCUT2D eigenvalue weighted by molar-refractivity contribution is 8.04. The number of allylic oxidation sites excluding steroid dienone is 5. The zero-order valence-corrected chi connectivity index (χ0v) is 31.8. The molecular weight excluding hydrogens is 689 g/mol. The number of nitrogens with zero attached hydrogens (tertiary/aromatic N) is 2. The summed E-state index contributed by atoms with van der Waals surface area (Å²) in [5.41, 5.74) is 10.7. The molecule has 4 nitrogen and oxygen atoms in total. The summed E-state index contributed by atoms with van der Waals surface area (Å²) in [4.78, 5) is 5.70. The number of nitrogens with one attached hydrogen (secondary N) is 2. The first kappa shape index (κ1) is 33.5. The van der Waals surface area contributed by atoms with Crippen molar-refractivity contribution in [2.24, 2.45) is 10.9 Å². The molecule has 1 aromatic heterocycles. The van der Waals surface area contributed by atoms with Gasteiger partial charge >= 0.3 is 0 Å². The van der Waals surface area contributed by atoms with Gasteiger partial charge in [-0.15, -0.1) is 11.8 Å². The van der Waals surface area contributed by atoms with Crippen molar-refractivity contribution in [3.8, 4) is 11.1 Å². The van der Waals surface area contributed by atoms with E-state index in [2.05, 4.69) is 192 Å². The first-order valence-electron chi connectivity index (χ1n) is 19.3. The van der Waals surface area contributed by atoms with Gasteiger partial charge in [-0.3, -0.25) is 4.57 Å². The molecule has 4 unspecified atom stereocenters. The van der Waals surface area contributed by atoms with Crippen LogP contribution in [-0.4, -0.2) is 15.7 Å². The number of anilines is 1. The van der Waals surface area contributed by atoms with Crippen molar-refractivity contribution in [2.75, 3.05) is 5.32 Å². The summed E-state index contributed by atoms with van der Waals surface area (Å²) < 4.78 is 2.43. The van der Waals surface area contributed by atoms with Crippen LogP contribution < -0.4 is 10.6 Å². The molecule has 55 heavy (non-hydrogen) atoms. The molecule has 6 aromatic carbocycles. The standard InChI is InChI=1S/C50H42N4S/c1-3-14-38(4-2)51-43-21-12-10-19-39(43)33-23-25-34(26-24-33)47-49(53-50-48(52-47)41-28-27-37(31-46(41)55-50)32-15-6-5-7-16-32)54-44-22-13-11-20-40(44)42-29-35-17-8-9-18-36(35)30-45(42)54/h3-30,37,41,46-47,51-52H,31H2,1-2H3/b14-3-,38-4+. The molecule has 0 fully saturated rings. The van der Waals surface area contributed by atoms with E-state index in [1.165, 1.54) is 55.0 Å². The Labute approximate surface area is 326 Å². The van der Waals surface area contributed by atoms with Crippen LogP contribution in [0.5, 0.6) is 0 Å². The second-order valence-corrected chi connectivity index (χ2v) is 15.9. The normalized spacial score (nSPS) is 20.9. The summed E-state index contributed by atoms with van der Waals surface area (Å²) in [5.74, 6) is 1.71. The number of hydrogen-bond donors (Lipinski definition) is 2. The average Bonchev–Trinajstić information content (AvgIpc) is 3.76. The van der Waals surface area contributed by atoms with Crippen LogP contribution in [0.25, 0.3) is 43.7 Å². The molecule has 0 amide bonds. The summed E-state index contributed by atoms with van der Waals surface area (Å²) in [6, 6.07) is 50.6. The first-order chi connectivity index (χ1) is 27.2. The number of fused-ring (bicyclic) bond motifs is 6. The third kappa shape index (κ3) is 5.91. The lowest BCUT2D eigenvalue weighted by molar-refractivity contribution is 0.542. The number of aromatic nitrogens is 1. The third-order valence-electron chi connectivity index (χ3n) is 11.5. The number of aliphatic imine (C=N–C) groups is 1. The van der Waals surface area contributed by atoms with E-state index in [0.717, 1.165) is 34.2 Å². The summed E-state index contributed by atoms with van der Waals surface area (Å²) >= 11 is 1.95. The van der Waals surface area contributed by atoms with Gasteiger partial charge in [0.15, 0.2) is 0 Å². The fraction of sp³-hybridized carbons (Fsp3) is 0.140. The number of thioether (sulfide) groups is 1. The zero-order chi connectivity index (χ0) is 36.9. The van der Waals surface area contributed by atoms with Crippen LogP contribution in [0, 0.1) is 5.92 Å². The predicted octanol–water partition coefficient (Wildman–Crippen LogP) is 12.7. The monoisotopic (exact) mass is 730 g/mol. The lowest BCUT2D eigenvalue weighted by Gasteiger charge is -2.32. The van der Waals surface area contributed by atoms with Gasteiger partial charge in [0.1, 0.15) is 16.9 Å². The van der Waals surface area contributed by atoms with Crippen LogP contribution in [0.15, 0.2) is 191 Å². The van der Waals surface area contributed by atoms with E-state index in [1.54, 1.807) is 0 Å². The van der Waals surface area contributed by atoms with Gasteiger partial charge in [-0.05, 0) is 78.1 Å². The van der Waals surface area contributed by atoms with Gasteiger partial charge in [0.2, 0.25) is 0 Å². The molecule has 0 spiro atoms. The Morgan fingerprint density at radius 3 is 2.31 bits per heavy atom. The largest absolute Gasteiger partial charge is 0.372 e. The molecule has 5 heteroatoms. The van der Waals surface area contributed by atoms with Crippen LogP contribution in [0.3, 0.4) is 0 Å². The van der Waals surface area contributed by atoms with E-state index in [0.29, 0.717) is 17.1 Å². The minimum atomic E-state index is -0.157. The molecule has 0 radical (unpaired) electrons. The molecule has 268 valence electrons. The van der Waals surface area contributed by atoms with Crippen molar-refractivity contribution in [3.63, 3.8) is 0 Å². The van der Waals surface area contributed by atoms with Gasteiger partial charge in [-0.2, -0.15) is 0 Å². The molecule has 2 N–H and O–H groups in total. The highest BCUT2D eigenvalue weighted by atomic mass is 32.2. The first-order valence-corrected chi connectivity index (χ1v) is 20.2. The van der Waals surface area contributed by atoms with Gasteiger partial charge in [-0.25, -0.2) is 4.99 Å². The number of hydrogen-bond acceptors (Lipinski definition) is 4. The van der Waals surface area contributed by atoms with E-state index in [-0.39, 0.29) is 6.04 Å². The van der Waals surface area contributed by atoms with E-state index in [4.69, 9.17) is 4.99 Å². The van der Waals surface area contributed by atoms with Gasteiger partial charge < -0.3 is 10.6 Å². The molecule has 4 atom stereocenters. The SMILES string of the molecule is C/C=C\C(=C/C)Nc1ccccc1-c1ccc(C2NC3=C(N=C2n2c4ccccc4c4cc5ccccc5cc42)SC2CC(c4ccccc4)C=CC32)cc1. The van der Waals surface area contributed by atoms with Crippen molar-refractivity contribution in [1.82, 2.24) is 9.88 Å². The quantitative estimate of drug-likeness (QED) is 0.132. The Balaban J connectivity index is 1.10. The number of benzene rings is 6. The fourth-order valence-corrected chi connectivity index (χ4v) is 10.2. The van der Waals surface area contributed by atoms with Crippen LogP contribution in [0.4, 0.5) is 5.69 Å². The molecule has 0 bridgehead atoms. The van der Waals surface area contributed by atoms with Crippen LogP contribution in [0.2, 0.25) is 0 Å². The van der Waals surface area contributed by atoms with Crippen molar-refractivity contribution >= 4 is 55.9 Å². The van der Waals surface area contributed by atoms with Crippen molar-refractivity contribution in [2.45, 2.75) is 37.5 Å². The van der Waals surface area contributed by atoms with Gasteiger partial charge in [-0.1, -0.05) is 140 Å². The molecule has 0 saturated heterocycles. The number of para-hydroxylation sites is 2. The molecule has 3 heterocycles. The predicted molar refractivity (Wildman–Crippen MR) is 235 cm³/mol. The maximum Gasteiger partial charge on any atom is 0.142 e. The maximum atomic E-state index is 5.70. The molecule has 0 saturated carbocycles. The highest BCUT2D eigenvalue weighted by Crippen LogP contribution is 2.51. The topological polar surface area (TPSA) is 41.4 Å². The molecule has 7 aromatic rings. The van der Waals surface area contributed by atoms with E-state index in [9.17, 15) is 0 Å². The molecule has 10 rings (SSSR count). The van der Waals surface area contributed by atoms with Crippen molar-refractivity contribution < 1.29 is 0 Å². The Bertz CT molecular complexity index is 2750. The Hall–Kier alpha value is -6.04. The van der Waals surface area contributed by atoms with E-state index in [1.807, 2.05) is 18.7 Å². The minimum absolute atomic E-state index is 0.157. The second kappa shape index (κ2) is 14.0. The minimum Gasteiger partial charge on any atom is -0.372 e. The molecular formula is C50H42N4S. The van der Waals surface area contributed by atoms with Crippen molar-refractivity contribution in [3.05, 3.63) is 197 Å². The Kier molecular flexibility index (Phi) is 8.52.